The number of fused-ring (bicyclic) bond motifs is 1. The lowest BCUT2D eigenvalue weighted by atomic mass is 9.97. The number of esters is 1. The lowest BCUT2D eigenvalue weighted by molar-refractivity contribution is -0.142. The van der Waals surface area contributed by atoms with E-state index < -0.39 is 5.41 Å². The molecule has 2 aromatic rings. The van der Waals surface area contributed by atoms with Crippen molar-refractivity contribution in [3.05, 3.63) is 63.8 Å². The van der Waals surface area contributed by atoms with Gasteiger partial charge in [-0.1, -0.05) is 28.1 Å². The molecule has 0 radical (unpaired) electrons. The molecule has 2 aromatic carbocycles. The van der Waals surface area contributed by atoms with Crippen molar-refractivity contribution in [1.82, 2.24) is 0 Å². The third-order valence-electron chi connectivity index (χ3n) is 3.61. The Labute approximate surface area is 154 Å². The highest BCUT2D eigenvalue weighted by Gasteiger charge is 2.29. The van der Waals surface area contributed by atoms with Crippen LogP contribution < -0.4 is 9.47 Å². The molecule has 0 amide bonds. The van der Waals surface area contributed by atoms with Gasteiger partial charge in [0.25, 0.3) is 0 Å². The van der Waals surface area contributed by atoms with E-state index in [0.717, 1.165) is 10.0 Å². The van der Waals surface area contributed by atoms with Crippen LogP contribution in [0.3, 0.4) is 0 Å². The molecule has 1 heterocycles. The second-order valence-corrected chi connectivity index (χ2v) is 7.71. The second kappa shape index (κ2) is 6.48. The summed E-state index contributed by atoms with van der Waals surface area (Å²) in [4.78, 5) is 24.5. The van der Waals surface area contributed by atoms with Crippen LogP contribution >= 0.6 is 15.9 Å². The molecule has 1 aliphatic rings. The molecule has 5 heteroatoms. The van der Waals surface area contributed by atoms with Crippen LogP contribution in [0, 0.1) is 5.41 Å². The first-order valence-corrected chi connectivity index (χ1v) is 8.59. The van der Waals surface area contributed by atoms with Crippen LogP contribution in [0.15, 0.2) is 52.7 Å². The zero-order chi connectivity index (χ0) is 18.2. The third-order valence-corrected chi connectivity index (χ3v) is 4.10. The number of allylic oxidation sites excluding steroid dienone is 1. The summed E-state index contributed by atoms with van der Waals surface area (Å²) < 4.78 is 11.9. The van der Waals surface area contributed by atoms with Crippen molar-refractivity contribution < 1.29 is 19.1 Å². The number of carbonyl (C=O) groups excluding carboxylic acids is 2. The molecule has 0 aliphatic carbocycles. The number of halogens is 1. The zero-order valence-corrected chi connectivity index (χ0v) is 15.7. The van der Waals surface area contributed by atoms with Crippen molar-refractivity contribution in [2.75, 3.05) is 0 Å². The minimum Gasteiger partial charge on any atom is -0.452 e. The summed E-state index contributed by atoms with van der Waals surface area (Å²) in [6.07, 6.45) is 1.69. The van der Waals surface area contributed by atoms with Gasteiger partial charge >= 0.3 is 5.97 Å². The number of hydrogen-bond acceptors (Lipinski definition) is 4. The van der Waals surface area contributed by atoms with Gasteiger partial charge in [0.2, 0.25) is 5.78 Å². The Morgan fingerprint density at radius 1 is 1.16 bits per heavy atom. The van der Waals surface area contributed by atoms with Gasteiger partial charge in [-0.2, -0.15) is 0 Å². The molecule has 3 rings (SSSR count). The molecule has 128 valence electrons. The highest BCUT2D eigenvalue weighted by atomic mass is 79.9. The van der Waals surface area contributed by atoms with Gasteiger partial charge in [-0.15, -0.1) is 0 Å². The van der Waals surface area contributed by atoms with Crippen LogP contribution in [-0.2, 0) is 4.79 Å². The Hall–Kier alpha value is -2.40. The van der Waals surface area contributed by atoms with Gasteiger partial charge in [0.15, 0.2) is 5.76 Å². The van der Waals surface area contributed by atoms with Gasteiger partial charge in [-0.3, -0.25) is 9.59 Å². The van der Waals surface area contributed by atoms with Crippen molar-refractivity contribution in [2.24, 2.45) is 5.41 Å². The predicted octanol–water partition coefficient (Wildman–Crippen LogP) is 5.02. The number of carbonyl (C=O) groups is 2. The van der Waals surface area contributed by atoms with E-state index in [9.17, 15) is 9.59 Å². The first-order valence-electron chi connectivity index (χ1n) is 7.80. The smallest absolute Gasteiger partial charge is 0.316 e. The number of ketones is 1. The molecule has 0 bridgehead atoms. The minimum atomic E-state index is -0.610. The fourth-order valence-corrected chi connectivity index (χ4v) is 2.66. The number of Topliss-reactive ketones (excluding diaryl/α,β-unsaturated/α-hetero) is 1. The Morgan fingerprint density at radius 2 is 1.92 bits per heavy atom. The molecule has 0 aromatic heterocycles. The standard InChI is InChI=1S/C20H17BrO4/c1-20(2,3)19(23)24-14-7-8-15-16(11-14)25-17(18(15)22)10-12-5-4-6-13(21)9-12/h4-11H,1-3H3/b17-10+. The first kappa shape index (κ1) is 17.4. The minimum absolute atomic E-state index is 0.191. The maximum Gasteiger partial charge on any atom is 0.316 e. The Kier molecular flexibility index (Phi) is 4.52. The molecule has 0 unspecified atom stereocenters. The molecular weight excluding hydrogens is 384 g/mol. The number of ether oxygens (including phenoxy) is 2. The van der Waals surface area contributed by atoms with Crippen LogP contribution in [-0.4, -0.2) is 11.8 Å². The molecular formula is C20H17BrO4. The number of hydrogen-bond donors (Lipinski definition) is 0. The first-order chi connectivity index (χ1) is 11.7. The predicted molar refractivity (Wildman–Crippen MR) is 98.6 cm³/mol. The number of rotatable bonds is 2. The molecule has 4 nitrogen and oxygen atoms in total. The van der Waals surface area contributed by atoms with E-state index in [1.807, 2.05) is 24.3 Å². The van der Waals surface area contributed by atoms with E-state index in [0.29, 0.717) is 17.1 Å². The Balaban J connectivity index is 1.85. The maximum atomic E-state index is 12.5. The normalized spacial score (nSPS) is 15.0. The summed E-state index contributed by atoms with van der Waals surface area (Å²) in [6, 6.07) is 12.4. The van der Waals surface area contributed by atoms with E-state index in [-0.39, 0.29) is 17.5 Å². The monoisotopic (exact) mass is 400 g/mol. The second-order valence-electron chi connectivity index (χ2n) is 6.79. The van der Waals surface area contributed by atoms with Crippen LogP contribution in [0.4, 0.5) is 0 Å². The SMILES string of the molecule is CC(C)(C)C(=O)Oc1ccc2c(c1)O/C(=C/c1cccc(Br)c1)C2=O. The van der Waals surface area contributed by atoms with Crippen molar-refractivity contribution in [2.45, 2.75) is 20.8 Å². The van der Waals surface area contributed by atoms with Crippen LogP contribution in [0.1, 0.15) is 36.7 Å². The summed E-state index contributed by atoms with van der Waals surface area (Å²) >= 11 is 3.40. The fourth-order valence-electron chi connectivity index (χ4n) is 2.24. The summed E-state index contributed by atoms with van der Waals surface area (Å²) in [6.45, 7) is 5.34. The summed E-state index contributed by atoms with van der Waals surface area (Å²) in [5.74, 6) is 0.457. The van der Waals surface area contributed by atoms with E-state index in [1.54, 1.807) is 45.0 Å². The maximum absolute atomic E-state index is 12.5. The highest BCUT2D eigenvalue weighted by molar-refractivity contribution is 9.10. The lowest BCUT2D eigenvalue weighted by Crippen LogP contribution is -2.25. The van der Waals surface area contributed by atoms with Gasteiger partial charge in [0.05, 0.1) is 11.0 Å². The van der Waals surface area contributed by atoms with E-state index in [1.165, 1.54) is 0 Å². The van der Waals surface area contributed by atoms with Gasteiger partial charge in [0.1, 0.15) is 11.5 Å². The Morgan fingerprint density at radius 3 is 2.60 bits per heavy atom. The average molecular weight is 401 g/mol. The molecule has 0 fully saturated rings. The van der Waals surface area contributed by atoms with E-state index in [2.05, 4.69) is 15.9 Å². The topological polar surface area (TPSA) is 52.6 Å². The van der Waals surface area contributed by atoms with Crippen LogP contribution in [0.25, 0.3) is 6.08 Å². The average Bonchev–Trinajstić information content (AvgIpc) is 2.82. The molecule has 0 N–H and O–H groups in total. The quantitative estimate of drug-likeness (QED) is 0.403. The zero-order valence-electron chi connectivity index (χ0n) is 14.1. The summed E-state index contributed by atoms with van der Waals surface area (Å²) in [7, 11) is 0. The van der Waals surface area contributed by atoms with Crippen LogP contribution in [0.5, 0.6) is 11.5 Å². The van der Waals surface area contributed by atoms with E-state index in [4.69, 9.17) is 9.47 Å². The van der Waals surface area contributed by atoms with Gasteiger partial charge in [-0.05, 0) is 56.7 Å². The molecule has 0 saturated carbocycles. The van der Waals surface area contributed by atoms with Gasteiger partial charge in [0, 0.05) is 10.5 Å². The largest absolute Gasteiger partial charge is 0.452 e. The summed E-state index contributed by atoms with van der Waals surface area (Å²) in [5, 5.41) is 0. The molecule has 0 saturated heterocycles. The van der Waals surface area contributed by atoms with Crippen molar-refractivity contribution in [3.63, 3.8) is 0 Å². The summed E-state index contributed by atoms with van der Waals surface area (Å²) in [5.41, 5.74) is 0.697. The van der Waals surface area contributed by atoms with E-state index >= 15 is 0 Å². The number of benzene rings is 2. The molecule has 25 heavy (non-hydrogen) atoms. The highest BCUT2D eigenvalue weighted by Crippen LogP contribution is 2.35. The fraction of sp³-hybridized carbons (Fsp3) is 0.200. The van der Waals surface area contributed by atoms with Gasteiger partial charge in [-0.25, -0.2) is 0 Å². The van der Waals surface area contributed by atoms with Crippen molar-refractivity contribution in [3.8, 4) is 11.5 Å². The molecule has 0 spiro atoms. The van der Waals surface area contributed by atoms with Crippen molar-refractivity contribution in [1.29, 1.82) is 0 Å². The third kappa shape index (κ3) is 3.82. The van der Waals surface area contributed by atoms with Crippen molar-refractivity contribution >= 4 is 33.8 Å². The molecule has 1 aliphatic heterocycles. The Bertz CT molecular complexity index is 891. The van der Waals surface area contributed by atoms with Crippen LogP contribution in [0.2, 0.25) is 0 Å². The van der Waals surface area contributed by atoms with Gasteiger partial charge < -0.3 is 9.47 Å². The molecule has 0 atom stereocenters. The lowest BCUT2D eigenvalue weighted by Gasteiger charge is -2.16.